The smallest absolute Gasteiger partial charge is 0.125 e. The third kappa shape index (κ3) is 2.63. The first kappa shape index (κ1) is 12.3. The molecular formula is C14H18ClNO2. The van der Waals surface area contributed by atoms with Gasteiger partial charge in [-0.15, -0.1) is 0 Å². The fourth-order valence-electron chi connectivity index (χ4n) is 2.31. The van der Waals surface area contributed by atoms with Crippen LogP contribution in [0.3, 0.4) is 0 Å². The number of hydrogen-bond donors (Lipinski definition) is 1. The van der Waals surface area contributed by atoms with E-state index in [9.17, 15) is 0 Å². The Balaban J connectivity index is 1.81. The summed E-state index contributed by atoms with van der Waals surface area (Å²) in [5.74, 6) is 0.929. The van der Waals surface area contributed by atoms with E-state index in [2.05, 4.69) is 5.32 Å². The van der Waals surface area contributed by atoms with Crippen LogP contribution in [-0.4, -0.2) is 25.8 Å². The maximum Gasteiger partial charge on any atom is 0.125 e. The summed E-state index contributed by atoms with van der Waals surface area (Å²) in [6, 6.07) is 5.82. The highest BCUT2D eigenvalue weighted by atomic mass is 35.5. The lowest BCUT2D eigenvalue weighted by Gasteiger charge is -2.30. The van der Waals surface area contributed by atoms with Crippen LogP contribution in [0.2, 0.25) is 5.02 Å². The average Bonchev–Trinajstić information content (AvgIpc) is 2.36. The molecule has 0 amide bonds. The normalized spacial score (nSPS) is 24.6. The molecule has 1 aliphatic carbocycles. The van der Waals surface area contributed by atoms with Gasteiger partial charge in [-0.25, -0.2) is 0 Å². The van der Waals surface area contributed by atoms with Crippen molar-refractivity contribution in [2.75, 3.05) is 19.7 Å². The molecule has 1 aliphatic heterocycles. The van der Waals surface area contributed by atoms with E-state index in [-0.39, 0.29) is 6.10 Å². The molecule has 1 aromatic rings. The number of nitrogens with one attached hydrogen (secondary N) is 1. The van der Waals surface area contributed by atoms with Gasteiger partial charge in [-0.2, -0.15) is 0 Å². The van der Waals surface area contributed by atoms with Gasteiger partial charge in [0.15, 0.2) is 0 Å². The molecule has 1 unspecified atom stereocenters. The van der Waals surface area contributed by atoms with Crippen LogP contribution in [0.4, 0.5) is 0 Å². The Hall–Kier alpha value is -0.770. The van der Waals surface area contributed by atoms with Gasteiger partial charge in [0, 0.05) is 23.7 Å². The largest absolute Gasteiger partial charge is 0.490 e. The third-order valence-electron chi connectivity index (χ3n) is 3.59. The Kier molecular flexibility index (Phi) is 3.73. The average molecular weight is 268 g/mol. The quantitative estimate of drug-likeness (QED) is 0.913. The predicted molar refractivity (Wildman–Crippen MR) is 71.3 cm³/mol. The van der Waals surface area contributed by atoms with Crippen LogP contribution in [-0.2, 0) is 4.74 Å². The van der Waals surface area contributed by atoms with E-state index < -0.39 is 0 Å². The fourth-order valence-corrected chi connectivity index (χ4v) is 2.49. The minimum absolute atomic E-state index is 0.0486. The van der Waals surface area contributed by atoms with Gasteiger partial charge in [0.1, 0.15) is 5.75 Å². The highest BCUT2D eigenvalue weighted by Gasteiger charge is 2.24. The van der Waals surface area contributed by atoms with Gasteiger partial charge < -0.3 is 14.8 Å². The number of halogens is 1. The van der Waals surface area contributed by atoms with Gasteiger partial charge >= 0.3 is 0 Å². The Morgan fingerprint density at radius 1 is 1.33 bits per heavy atom. The number of benzene rings is 1. The molecule has 0 aromatic heterocycles. The molecule has 0 spiro atoms. The molecule has 98 valence electrons. The van der Waals surface area contributed by atoms with Crippen molar-refractivity contribution in [1.82, 2.24) is 5.32 Å². The van der Waals surface area contributed by atoms with Crippen molar-refractivity contribution in [1.29, 1.82) is 0 Å². The van der Waals surface area contributed by atoms with E-state index >= 15 is 0 Å². The molecule has 3 nitrogen and oxygen atoms in total. The summed E-state index contributed by atoms with van der Waals surface area (Å²) in [6.45, 7) is 2.47. The summed E-state index contributed by atoms with van der Waals surface area (Å²) in [5.41, 5.74) is 1.07. The van der Waals surface area contributed by atoms with Gasteiger partial charge in [0.05, 0.1) is 18.8 Å². The molecule has 1 heterocycles. The zero-order chi connectivity index (χ0) is 12.4. The van der Waals surface area contributed by atoms with Gasteiger partial charge in [-0.3, -0.25) is 0 Å². The van der Waals surface area contributed by atoms with Crippen LogP contribution >= 0.6 is 11.6 Å². The van der Waals surface area contributed by atoms with Crippen molar-refractivity contribution in [3.8, 4) is 5.75 Å². The minimum Gasteiger partial charge on any atom is -0.490 e. The van der Waals surface area contributed by atoms with E-state index in [1.165, 1.54) is 6.42 Å². The SMILES string of the molecule is Clc1ccc(OC2CCC2)c(C2CNCCO2)c1. The zero-order valence-corrected chi connectivity index (χ0v) is 11.1. The van der Waals surface area contributed by atoms with Crippen molar-refractivity contribution >= 4 is 11.6 Å². The van der Waals surface area contributed by atoms with E-state index in [0.717, 1.165) is 48.9 Å². The first-order valence-electron chi connectivity index (χ1n) is 6.61. The lowest BCUT2D eigenvalue weighted by molar-refractivity contribution is 0.0234. The number of rotatable bonds is 3. The molecule has 1 aromatic carbocycles. The second-order valence-corrected chi connectivity index (χ2v) is 5.35. The predicted octanol–water partition coefficient (Wildman–Crippen LogP) is 2.93. The van der Waals surface area contributed by atoms with Gasteiger partial charge in [-0.05, 0) is 37.5 Å². The molecular weight excluding hydrogens is 250 g/mol. The summed E-state index contributed by atoms with van der Waals surface area (Å²) in [7, 11) is 0. The monoisotopic (exact) mass is 267 g/mol. The molecule has 1 saturated heterocycles. The van der Waals surface area contributed by atoms with Crippen LogP contribution in [0.1, 0.15) is 30.9 Å². The van der Waals surface area contributed by atoms with Crippen molar-refractivity contribution in [2.24, 2.45) is 0 Å². The standard InChI is InChI=1S/C14H18ClNO2/c15-10-4-5-13(18-11-2-1-3-11)12(8-10)14-9-16-6-7-17-14/h4-5,8,11,14,16H,1-3,6-7,9H2. The Labute approximate surface area is 112 Å². The maximum absolute atomic E-state index is 6.09. The Bertz CT molecular complexity index is 414. The lowest BCUT2D eigenvalue weighted by atomic mass is 9.96. The number of morpholine rings is 1. The second kappa shape index (κ2) is 5.47. The summed E-state index contributed by atoms with van der Waals surface area (Å²) in [6.07, 6.45) is 4.02. The maximum atomic E-state index is 6.09. The third-order valence-corrected chi connectivity index (χ3v) is 3.83. The molecule has 2 fully saturated rings. The fraction of sp³-hybridized carbons (Fsp3) is 0.571. The number of hydrogen-bond acceptors (Lipinski definition) is 3. The summed E-state index contributed by atoms with van der Waals surface area (Å²) < 4.78 is 11.8. The van der Waals surface area contributed by atoms with Crippen LogP contribution in [0.5, 0.6) is 5.75 Å². The van der Waals surface area contributed by atoms with Gasteiger partial charge in [0.2, 0.25) is 0 Å². The van der Waals surface area contributed by atoms with Crippen molar-refractivity contribution in [3.63, 3.8) is 0 Å². The molecule has 18 heavy (non-hydrogen) atoms. The molecule has 1 N–H and O–H groups in total. The molecule has 0 radical (unpaired) electrons. The van der Waals surface area contributed by atoms with Crippen LogP contribution in [0, 0.1) is 0 Å². The lowest BCUT2D eigenvalue weighted by Crippen LogP contribution is -2.34. The molecule has 1 atom stereocenters. The van der Waals surface area contributed by atoms with Crippen molar-refractivity contribution < 1.29 is 9.47 Å². The molecule has 0 bridgehead atoms. The molecule has 1 saturated carbocycles. The van der Waals surface area contributed by atoms with Crippen LogP contribution in [0.25, 0.3) is 0 Å². The first-order valence-corrected chi connectivity index (χ1v) is 6.99. The minimum atomic E-state index is 0.0486. The first-order chi connectivity index (χ1) is 8.83. The topological polar surface area (TPSA) is 30.5 Å². The molecule has 4 heteroatoms. The van der Waals surface area contributed by atoms with Gasteiger partial charge in [0.25, 0.3) is 0 Å². The summed E-state index contributed by atoms with van der Waals surface area (Å²) in [4.78, 5) is 0. The summed E-state index contributed by atoms with van der Waals surface area (Å²) >= 11 is 6.09. The van der Waals surface area contributed by atoms with Crippen molar-refractivity contribution in [3.05, 3.63) is 28.8 Å². The number of ether oxygens (including phenoxy) is 2. The Morgan fingerprint density at radius 2 is 2.22 bits per heavy atom. The second-order valence-electron chi connectivity index (χ2n) is 4.92. The molecule has 3 rings (SSSR count). The zero-order valence-electron chi connectivity index (χ0n) is 10.3. The van der Waals surface area contributed by atoms with Crippen LogP contribution in [0.15, 0.2) is 18.2 Å². The Morgan fingerprint density at radius 3 is 2.89 bits per heavy atom. The van der Waals surface area contributed by atoms with E-state index in [1.54, 1.807) is 0 Å². The van der Waals surface area contributed by atoms with E-state index in [0.29, 0.717) is 6.10 Å². The summed E-state index contributed by atoms with van der Waals surface area (Å²) in [5, 5.41) is 4.07. The highest BCUT2D eigenvalue weighted by Crippen LogP contribution is 2.34. The highest BCUT2D eigenvalue weighted by molar-refractivity contribution is 6.30. The van der Waals surface area contributed by atoms with Crippen LogP contribution < -0.4 is 10.1 Å². The van der Waals surface area contributed by atoms with Crippen molar-refractivity contribution in [2.45, 2.75) is 31.5 Å². The van der Waals surface area contributed by atoms with E-state index in [4.69, 9.17) is 21.1 Å². The molecule has 2 aliphatic rings. The van der Waals surface area contributed by atoms with E-state index in [1.807, 2.05) is 18.2 Å². The van der Waals surface area contributed by atoms with Gasteiger partial charge in [-0.1, -0.05) is 11.6 Å².